The van der Waals surface area contributed by atoms with Crippen LogP contribution in [0.2, 0.25) is 0 Å². The molecule has 0 amide bonds. The van der Waals surface area contributed by atoms with Crippen molar-refractivity contribution >= 4 is 0 Å². The van der Waals surface area contributed by atoms with Gasteiger partial charge in [-0.3, -0.25) is 4.90 Å². The van der Waals surface area contributed by atoms with Crippen LogP contribution in [0.15, 0.2) is 40.9 Å². The molecule has 0 saturated carbocycles. The molecule has 1 unspecified atom stereocenters. The number of benzene rings is 2. The molecule has 2 heterocycles. The zero-order chi connectivity index (χ0) is 22.1. The fourth-order valence-corrected chi connectivity index (χ4v) is 4.67. The van der Waals surface area contributed by atoms with Crippen LogP contribution in [0.25, 0.3) is 22.8 Å². The van der Waals surface area contributed by atoms with E-state index in [1.165, 1.54) is 11.1 Å². The zero-order valence-electron chi connectivity index (χ0n) is 18.4. The highest BCUT2D eigenvalue weighted by Crippen LogP contribution is 2.40. The van der Waals surface area contributed by atoms with E-state index in [1.807, 2.05) is 19.9 Å². The van der Waals surface area contributed by atoms with Gasteiger partial charge in [0.2, 0.25) is 5.82 Å². The van der Waals surface area contributed by atoms with E-state index in [4.69, 9.17) is 14.0 Å². The molecule has 3 aromatic rings. The van der Waals surface area contributed by atoms with Crippen molar-refractivity contribution in [2.45, 2.75) is 38.8 Å². The topological polar surface area (TPSA) is 84.4 Å². The van der Waals surface area contributed by atoms with E-state index in [1.54, 1.807) is 12.1 Å². The van der Waals surface area contributed by atoms with Gasteiger partial charge in [-0.1, -0.05) is 23.4 Å². The van der Waals surface area contributed by atoms with Crippen molar-refractivity contribution in [1.82, 2.24) is 15.0 Å². The van der Waals surface area contributed by atoms with Gasteiger partial charge in [-0.25, -0.2) is 0 Å². The maximum Gasteiger partial charge on any atom is 0.258 e. The van der Waals surface area contributed by atoms with Gasteiger partial charge in [-0.05, 0) is 56.0 Å². The molecule has 1 aliphatic heterocycles. The second-order valence-electron chi connectivity index (χ2n) is 8.49. The monoisotopic (exact) mass is 430 g/mol. The standard InChI is InChI=1S/C25H26N4O3/c1-16(2)31-23-9-6-17(14-18(23)15-26)25-27-24(28-32-25)21-5-3-4-20-19(21)7-8-22(20)29-10-12-30-13-11-29/h3-6,9,14,16,22H,7-8,10-13H2,1-2H3. The van der Waals surface area contributed by atoms with Gasteiger partial charge in [0.25, 0.3) is 5.89 Å². The smallest absolute Gasteiger partial charge is 0.258 e. The van der Waals surface area contributed by atoms with Crippen molar-refractivity contribution in [3.05, 3.63) is 53.1 Å². The molecule has 1 aromatic heterocycles. The minimum absolute atomic E-state index is 0.00980. The van der Waals surface area contributed by atoms with Crippen LogP contribution in [0.4, 0.5) is 0 Å². The van der Waals surface area contributed by atoms with Gasteiger partial charge in [0, 0.05) is 30.3 Å². The first kappa shape index (κ1) is 20.7. The van der Waals surface area contributed by atoms with Crippen molar-refractivity contribution in [1.29, 1.82) is 5.26 Å². The number of hydrogen-bond donors (Lipinski definition) is 0. The number of nitrogens with zero attached hydrogens (tertiary/aromatic N) is 4. The highest BCUT2D eigenvalue weighted by molar-refractivity contribution is 5.67. The summed E-state index contributed by atoms with van der Waals surface area (Å²) in [6, 6.07) is 14.3. The third kappa shape index (κ3) is 3.88. The lowest BCUT2D eigenvalue weighted by Gasteiger charge is -2.32. The molecule has 1 atom stereocenters. The molecule has 7 nitrogen and oxygen atoms in total. The fourth-order valence-electron chi connectivity index (χ4n) is 4.67. The number of aromatic nitrogens is 2. The first-order valence-electron chi connectivity index (χ1n) is 11.1. The summed E-state index contributed by atoms with van der Waals surface area (Å²) in [5.41, 5.74) is 4.83. The van der Waals surface area contributed by atoms with Crippen LogP contribution in [0.1, 0.15) is 43.0 Å². The predicted octanol–water partition coefficient (Wildman–Crippen LogP) is 4.38. The molecule has 5 rings (SSSR count). The molecular weight excluding hydrogens is 404 g/mol. The van der Waals surface area contributed by atoms with Gasteiger partial charge in [-0.15, -0.1) is 0 Å². The second kappa shape index (κ2) is 8.73. The Kier molecular flexibility index (Phi) is 5.64. The number of morpholine rings is 1. The Balaban J connectivity index is 1.44. The Morgan fingerprint density at radius 3 is 2.81 bits per heavy atom. The third-order valence-corrected chi connectivity index (χ3v) is 6.10. The van der Waals surface area contributed by atoms with E-state index >= 15 is 0 Å². The molecule has 0 bridgehead atoms. The molecule has 7 heteroatoms. The van der Waals surface area contributed by atoms with Gasteiger partial charge in [0.1, 0.15) is 11.8 Å². The van der Waals surface area contributed by atoms with Crippen LogP contribution < -0.4 is 4.74 Å². The lowest BCUT2D eigenvalue weighted by Crippen LogP contribution is -2.38. The number of nitriles is 1. The van der Waals surface area contributed by atoms with E-state index in [0.29, 0.717) is 34.6 Å². The normalized spacial score (nSPS) is 18.5. The molecule has 1 saturated heterocycles. The molecule has 1 fully saturated rings. The van der Waals surface area contributed by atoms with E-state index in [2.05, 4.69) is 39.3 Å². The minimum Gasteiger partial charge on any atom is -0.490 e. The first-order chi connectivity index (χ1) is 15.6. The highest BCUT2D eigenvalue weighted by Gasteiger charge is 2.31. The number of fused-ring (bicyclic) bond motifs is 1. The molecule has 0 radical (unpaired) electrons. The summed E-state index contributed by atoms with van der Waals surface area (Å²) in [4.78, 5) is 7.19. The lowest BCUT2D eigenvalue weighted by atomic mass is 10.0. The maximum absolute atomic E-state index is 9.52. The molecule has 1 aliphatic carbocycles. The van der Waals surface area contributed by atoms with Gasteiger partial charge in [-0.2, -0.15) is 10.2 Å². The predicted molar refractivity (Wildman–Crippen MR) is 119 cm³/mol. The molecule has 2 aromatic carbocycles. The Morgan fingerprint density at radius 2 is 2.03 bits per heavy atom. The van der Waals surface area contributed by atoms with Crippen LogP contribution >= 0.6 is 0 Å². The SMILES string of the molecule is CC(C)Oc1ccc(-c2nc(-c3cccc4c3CCC4N3CCOCC3)no2)cc1C#N. The molecule has 2 aliphatic rings. The summed E-state index contributed by atoms with van der Waals surface area (Å²) >= 11 is 0. The lowest BCUT2D eigenvalue weighted by molar-refractivity contribution is 0.0164. The third-order valence-electron chi connectivity index (χ3n) is 6.10. The van der Waals surface area contributed by atoms with Crippen LogP contribution in [0.5, 0.6) is 5.75 Å². The van der Waals surface area contributed by atoms with Crippen LogP contribution in [0.3, 0.4) is 0 Å². The Labute approximate surface area is 187 Å². The van der Waals surface area contributed by atoms with E-state index < -0.39 is 0 Å². The van der Waals surface area contributed by atoms with E-state index in [-0.39, 0.29) is 6.10 Å². The van der Waals surface area contributed by atoms with Crippen molar-refractivity contribution in [2.24, 2.45) is 0 Å². The summed E-state index contributed by atoms with van der Waals surface area (Å²) in [7, 11) is 0. The summed E-state index contributed by atoms with van der Waals surface area (Å²) in [6.45, 7) is 7.40. The zero-order valence-corrected chi connectivity index (χ0v) is 18.4. The molecular formula is C25H26N4O3. The maximum atomic E-state index is 9.52. The van der Waals surface area contributed by atoms with Crippen LogP contribution in [0, 0.1) is 11.3 Å². The average Bonchev–Trinajstić information content (AvgIpc) is 3.47. The summed E-state index contributed by atoms with van der Waals surface area (Å²) in [6.07, 6.45) is 2.08. The molecule has 32 heavy (non-hydrogen) atoms. The van der Waals surface area contributed by atoms with Crippen LogP contribution in [-0.4, -0.2) is 47.4 Å². The summed E-state index contributed by atoms with van der Waals surface area (Å²) < 4.78 is 16.8. The van der Waals surface area contributed by atoms with Crippen molar-refractivity contribution in [2.75, 3.05) is 26.3 Å². The number of ether oxygens (including phenoxy) is 2. The Morgan fingerprint density at radius 1 is 1.19 bits per heavy atom. The van der Waals surface area contributed by atoms with Gasteiger partial charge in [0.05, 0.1) is 24.9 Å². The summed E-state index contributed by atoms with van der Waals surface area (Å²) in [5, 5.41) is 13.8. The largest absolute Gasteiger partial charge is 0.490 e. The van der Waals surface area contributed by atoms with E-state index in [0.717, 1.165) is 44.7 Å². The van der Waals surface area contributed by atoms with Crippen molar-refractivity contribution < 1.29 is 14.0 Å². The van der Waals surface area contributed by atoms with E-state index in [9.17, 15) is 5.26 Å². The quantitative estimate of drug-likeness (QED) is 0.594. The van der Waals surface area contributed by atoms with Crippen molar-refractivity contribution in [3.63, 3.8) is 0 Å². The minimum atomic E-state index is -0.00980. The fraction of sp³-hybridized carbons (Fsp3) is 0.400. The first-order valence-corrected chi connectivity index (χ1v) is 11.1. The molecule has 164 valence electrons. The van der Waals surface area contributed by atoms with Gasteiger partial charge >= 0.3 is 0 Å². The number of rotatable bonds is 5. The Bertz CT molecular complexity index is 1160. The van der Waals surface area contributed by atoms with Gasteiger partial charge in [0.15, 0.2) is 0 Å². The van der Waals surface area contributed by atoms with Crippen LogP contribution in [-0.2, 0) is 11.2 Å². The van der Waals surface area contributed by atoms with Gasteiger partial charge < -0.3 is 14.0 Å². The second-order valence-corrected chi connectivity index (χ2v) is 8.49. The number of hydrogen-bond acceptors (Lipinski definition) is 7. The Hall–Kier alpha value is -3.21. The van der Waals surface area contributed by atoms with Crippen molar-refractivity contribution in [3.8, 4) is 34.7 Å². The molecule has 0 N–H and O–H groups in total. The highest BCUT2D eigenvalue weighted by atomic mass is 16.5. The average molecular weight is 431 g/mol. The summed E-state index contributed by atoms with van der Waals surface area (Å²) in [5.74, 6) is 1.54. The molecule has 0 spiro atoms.